The van der Waals surface area contributed by atoms with Crippen molar-refractivity contribution in [2.75, 3.05) is 32.7 Å². The standard InChI is InChI=1S/C24H25N3O3/c28-18(16-25-11-13-26(14-12-25)24(29)23-10-5-15-30-23)17-27-21-8-3-1-6-19(21)20-7-2-4-9-22(20)27/h1-10,15,18,28H,11-14,16-17H2. The molecule has 0 spiro atoms. The number of hydrogen-bond donors (Lipinski definition) is 1. The van der Waals surface area contributed by atoms with E-state index in [-0.39, 0.29) is 5.91 Å². The van der Waals surface area contributed by atoms with Gasteiger partial charge in [-0.3, -0.25) is 9.69 Å². The maximum Gasteiger partial charge on any atom is 0.289 e. The molecule has 0 radical (unpaired) electrons. The zero-order chi connectivity index (χ0) is 20.5. The molecule has 0 aliphatic carbocycles. The van der Waals surface area contributed by atoms with Crippen molar-refractivity contribution >= 4 is 27.7 Å². The minimum atomic E-state index is -0.489. The predicted molar refractivity (Wildman–Crippen MR) is 117 cm³/mol. The number of carbonyl (C=O) groups excluding carboxylic acids is 1. The summed E-state index contributed by atoms with van der Waals surface area (Å²) >= 11 is 0. The fourth-order valence-electron chi connectivity index (χ4n) is 4.46. The lowest BCUT2D eigenvalue weighted by Gasteiger charge is -2.35. The van der Waals surface area contributed by atoms with E-state index < -0.39 is 6.10 Å². The van der Waals surface area contributed by atoms with E-state index in [4.69, 9.17) is 4.42 Å². The summed E-state index contributed by atoms with van der Waals surface area (Å²) in [5.41, 5.74) is 2.29. The van der Waals surface area contributed by atoms with Gasteiger partial charge in [-0.2, -0.15) is 0 Å². The highest BCUT2D eigenvalue weighted by molar-refractivity contribution is 6.07. The molecule has 1 fully saturated rings. The van der Waals surface area contributed by atoms with Crippen LogP contribution < -0.4 is 0 Å². The van der Waals surface area contributed by atoms with Crippen LogP contribution in [0.3, 0.4) is 0 Å². The van der Waals surface area contributed by atoms with Gasteiger partial charge >= 0.3 is 0 Å². The average Bonchev–Trinajstić information content (AvgIpc) is 3.42. The third-order valence-corrected chi connectivity index (χ3v) is 5.93. The van der Waals surface area contributed by atoms with Crippen LogP contribution in [0.5, 0.6) is 0 Å². The zero-order valence-electron chi connectivity index (χ0n) is 16.8. The molecule has 2 aromatic heterocycles. The quantitative estimate of drug-likeness (QED) is 0.556. The minimum Gasteiger partial charge on any atom is -0.459 e. The first-order chi connectivity index (χ1) is 14.7. The molecule has 1 N–H and O–H groups in total. The number of aromatic nitrogens is 1. The molecular weight excluding hydrogens is 378 g/mol. The number of piperazine rings is 1. The first-order valence-electron chi connectivity index (χ1n) is 10.4. The number of amides is 1. The maximum absolute atomic E-state index is 12.4. The predicted octanol–water partition coefficient (Wildman–Crippen LogP) is 3.21. The number of fused-ring (bicyclic) bond motifs is 3. The molecule has 1 aliphatic heterocycles. The summed E-state index contributed by atoms with van der Waals surface area (Å²) in [6, 6.07) is 20.1. The van der Waals surface area contributed by atoms with Crippen LogP contribution in [-0.4, -0.2) is 64.2 Å². The molecule has 2 aromatic carbocycles. The van der Waals surface area contributed by atoms with Crippen molar-refractivity contribution in [2.45, 2.75) is 12.6 Å². The summed E-state index contributed by atoms with van der Waals surface area (Å²) in [5, 5.41) is 13.3. The number of hydrogen-bond acceptors (Lipinski definition) is 4. The van der Waals surface area contributed by atoms with Crippen molar-refractivity contribution in [3.8, 4) is 0 Å². The van der Waals surface area contributed by atoms with Gasteiger partial charge < -0.3 is 19.0 Å². The molecule has 1 amide bonds. The van der Waals surface area contributed by atoms with Crippen LogP contribution in [0.15, 0.2) is 71.3 Å². The van der Waals surface area contributed by atoms with Gasteiger partial charge in [0.1, 0.15) is 0 Å². The number of carbonyl (C=O) groups is 1. The Balaban J connectivity index is 1.25. The van der Waals surface area contributed by atoms with Crippen molar-refractivity contribution in [1.82, 2.24) is 14.4 Å². The molecule has 0 bridgehead atoms. The molecular formula is C24H25N3O3. The summed E-state index contributed by atoms with van der Waals surface area (Å²) in [6.07, 6.45) is 1.03. The molecule has 154 valence electrons. The van der Waals surface area contributed by atoms with Gasteiger partial charge in [0.25, 0.3) is 5.91 Å². The summed E-state index contributed by atoms with van der Waals surface area (Å²) < 4.78 is 7.44. The molecule has 4 aromatic rings. The highest BCUT2D eigenvalue weighted by atomic mass is 16.3. The highest BCUT2D eigenvalue weighted by Gasteiger charge is 2.25. The minimum absolute atomic E-state index is 0.0644. The van der Waals surface area contributed by atoms with Crippen LogP contribution in [0.1, 0.15) is 10.6 Å². The molecule has 30 heavy (non-hydrogen) atoms. The number of rotatable bonds is 5. The number of aliphatic hydroxyl groups excluding tert-OH is 1. The van der Waals surface area contributed by atoms with E-state index in [9.17, 15) is 9.90 Å². The molecule has 5 rings (SSSR count). The van der Waals surface area contributed by atoms with Crippen molar-refractivity contribution < 1.29 is 14.3 Å². The van der Waals surface area contributed by atoms with Gasteiger partial charge in [-0.25, -0.2) is 0 Å². The summed E-state index contributed by atoms with van der Waals surface area (Å²) in [7, 11) is 0. The largest absolute Gasteiger partial charge is 0.459 e. The Morgan fingerprint density at radius 3 is 2.10 bits per heavy atom. The van der Waals surface area contributed by atoms with Crippen molar-refractivity contribution in [2.24, 2.45) is 0 Å². The number of benzene rings is 2. The number of aliphatic hydroxyl groups is 1. The van der Waals surface area contributed by atoms with E-state index in [0.717, 1.165) is 24.1 Å². The van der Waals surface area contributed by atoms with E-state index in [1.165, 1.54) is 17.0 Å². The lowest BCUT2D eigenvalue weighted by atomic mass is 10.2. The topological polar surface area (TPSA) is 61.9 Å². The van der Waals surface area contributed by atoms with Gasteiger partial charge in [-0.1, -0.05) is 36.4 Å². The van der Waals surface area contributed by atoms with Gasteiger partial charge in [0, 0.05) is 54.5 Å². The van der Waals surface area contributed by atoms with Crippen LogP contribution >= 0.6 is 0 Å². The lowest BCUT2D eigenvalue weighted by molar-refractivity contribution is 0.0481. The third kappa shape index (κ3) is 3.49. The molecule has 3 heterocycles. The number of para-hydroxylation sites is 2. The summed E-state index contributed by atoms with van der Waals surface area (Å²) in [4.78, 5) is 16.5. The Bertz CT molecular complexity index is 1100. The second-order valence-corrected chi connectivity index (χ2v) is 7.87. The van der Waals surface area contributed by atoms with Crippen LogP contribution in [0.2, 0.25) is 0 Å². The zero-order valence-corrected chi connectivity index (χ0v) is 16.8. The Morgan fingerprint density at radius 2 is 1.50 bits per heavy atom. The SMILES string of the molecule is O=C(c1ccco1)N1CCN(CC(O)Cn2c3ccccc3c3ccccc32)CC1. The van der Waals surface area contributed by atoms with Gasteiger partial charge in [-0.05, 0) is 24.3 Å². The van der Waals surface area contributed by atoms with Crippen LogP contribution in [-0.2, 0) is 6.54 Å². The van der Waals surface area contributed by atoms with Crippen molar-refractivity contribution in [3.05, 3.63) is 72.7 Å². The monoisotopic (exact) mass is 403 g/mol. The molecule has 1 aliphatic rings. The number of furan rings is 1. The fraction of sp³-hybridized carbons (Fsp3) is 0.292. The van der Waals surface area contributed by atoms with Gasteiger partial charge in [0.2, 0.25) is 0 Å². The Kier molecular flexibility index (Phi) is 5.02. The van der Waals surface area contributed by atoms with Crippen LogP contribution in [0.4, 0.5) is 0 Å². The second-order valence-electron chi connectivity index (χ2n) is 7.87. The number of β-amino-alcohol motifs (C(OH)–C–C–N with tert-alkyl or cyclic N) is 1. The summed E-state index contributed by atoms with van der Waals surface area (Å²) in [5.74, 6) is 0.320. The molecule has 6 nitrogen and oxygen atoms in total. The first kappa shape index (κ1) is 18.9. The average molecular weight is 403 g/mol. The van der Waals surface area contributed by atoms with E-state index >= 15 is 0 Å². The smallest absolute Gasteiger partial charge is 0.289 e. The first-order valence-corrected chi connectivity index (χ1v) is 10.4. The van der Waals surface area contributed by atoms with E-state index in [1.54, 1.807) is 12.1 Å². The fourth-order valence-corrected chi connectivity index (χ4v) is 4.46. The van der Waals surface area contributed by atoms with E-state index in [2.05, 4.69) is 45.9 Å². The van der Waals surface area contributed by atoms with Crippen LogP contribution in [0, 0.1) is 0 Å². The molecule has 1 saturated heterocycles. The van der Waals surface area contributed by atoms with E-state index in [0.29, 0.717) is 31.9 Å². The Hall–Kier alpha value is -3.09. The molecule has 6 heteroatoms. The highest BCUT2D eigenvalue weighted by Crippen LogP contribution is 2.29. The maximum atomic E-state index is 12.4. The molecule has 1 atom stereocenters. The molecule has 1 unspecified atom stereocenters. The van der Waals surface area contributed by atoms with Gasteiger partial charge in [0.15, 0.2) is 5.76 Å². The van der Waals surface area contributed by atoms with Crippen LogP contribution in [0.25, 0.3) is 21.8 Å². The normalized spacial score (nSPS) is 16.4. The summed E-state index contributed by atoms with van der Waals surface area (Å²) in [6.45, 7) is 3.90. The number of nitrogens with zero attached hydrogens (tertiary/aromatic N) is 3. The Labute approximate surface area is 174 Å². The molecule has 0 saturated carbocycles. The third-order valence-electron chi connectivity index (χ3n) is 5.93. The van der Waals surface area contributed by atoms with Gasteiger partial charge in [0.05, 0.1) is 18.9 Å². The van der Waals surface area contributed by atoms with E-state index in [1.807, 2.05) is 17.0 Å². The second kappa shape index (κ2) is 7.97. The lowest BCUT2D eigenvalue weighted by Crippen LogP contribution is -2.50. The van der Waals surface area contributed by atoms with Crippen molar-refractivity contribution in [1.29, 1.82) is 0 Å². The van der Waals surface area contributed by atoms with Gasteiger partial charge in [-0.15, -0.1) is 0 Å². The van der Waals surface area contributed by atoms with Crippen molar-refractivity contribution in [3.63, 3.8) is 0 Å². The Morgan fingerprint density at radius 1 is 0.867 bits per heavy atom.